The SMILES string of the molecule is CC(=O)OC(C=CC1(O)CCC(C)(C)CC1)OC(C)=O. The first kappa shape index (κ1) is 16.7. The Hall–Kier alpha value is -1.36. The topological polar surface area (TPSA) is 72.8 Å². The van der Waals surface area contributed by atoms with E-state index in [1.54, 1.807) is 6.08 Å². The molecule has 0 aliphatic heterocycles. The molecule has 0 bridgehead atoms. The van der Waals surface area contributed by atoms with Crippen molar-refractivity contribution < 1.29 is 24.2 Å². The van der Waals surface area contributed by atoms with Crippen LogP contribution < -0.4 is 0 Å². The summed E-state index contributed by atoms with van der Waals surface area (Å²) in [5.41, 5.74) is -0.681. The fourth-order valence-electron chi connectivity index (χ4n) is 2.21. The summed E-state index contributed by atoms with van der Waals surface area (Å²) in [6.45, 7) is 6.83. The molecule has 0 aromatic rings. The third-order valence-corrected chi connectivity index (χ3v) is 3.60. The molecule has 1 aliphatic carbocycles. The maximum Gasteiger partial charge on any atom is 0.305 e. The number of hydrogen-bond donors (Lipinski definition) is 1. The van der Waals surface area contributed by atoms with Crippen LogP contribution >= 0.6 is 0 Å². The van der Waals surface area contributed by atoms with Gasteiger partial charge in [-0.1, -0.05) is 13.8 Å². The van der Waals surface area contributed by atoms with Gasteiger partial charge in [-0.25, -0.2) is 0 Å². The molecule has 0 spiro atoms. The van der Waals surface area contributed by atoms with Crippen LogP contribution in [0.2, 0.25) is 0 Å². The first-order valence-electron chi connectivity index (χ1n) is 6.88. The van der Waals surface area contributed by atoms with Gasteiger partial charge in [-0.15, -0.1) is 0 Å². The Bertz CT molecular complexity index is 371. The molecule has 0 aromatic carbocycles. The summed E-state index contributed by atoms with van der Waals surface area (Å²) in [5.74, 6) is -1.09. The fraction of sp³-hybridized carbons (Fsp3) is 0.733. The van der Waals surface area contributed by atoms with Gasteiger partial charge in [0.25, 0.3) is 6.29 Å². The molecule has 1 aliphatic rings. The van der Waals surface area contributed by atoms with E-state index in [0.29, 0.717) is 12.8 Å². The average molecular weight is 284 g/mol. The summed E-state index contributed by atoms with van der Waals surface area (Å²) in [6.07, 6.45) is 5.05. The zero-order valence-corrected chi connectivity index (χ0v) is 12.6. The highest BCUT2D eigenvalue weighted by Gasteiger charge is 2.35. The van der Waals surface area contributed by atoms with E-state index < -0.39 is 23.8 Å². The second-order valence-corrected chi connectivity index (χ2v) is 6.21. The minimum Gasteiger partial charge on any atom is -0.421 e. The summed E-state index contributed by atoms with van der Waals surface area (Å²) in [7, 11) is 0. The van der Waals surface area contributed by atoms with Crippen LogP contribution in [0.1, 0.15) is 53.4 Å². The minimum absolute atomic E-state index is 0.241. The van der Waals surface area contributed by atoms with Crippen LogP contribution in [0.15, 0.2) is 12.2 Å². The third-order valence-electron chi connectivity index (χ3n) is 3.60. The number of hydrogen-bond acceptors (Lipinski definition) is 5. The van der Waals surface area contributed by atoms with E-state index in [0.717, 1.165) is 12.8 Å². The largest absolute Gasteiger partial charge is 0.421 e. The number of rotatable bonds is 4. The van der Waals surface area contributed by atoms with E-state index in [2.05, 4.69) is 13.8 Å². The molecule has 0 unspecified atom stereocenters. The Kier molecular flexibility index (Phi) is 5.34. The van der Waals surface area contributed by atoms with Gasteiger partial charge in [0.05, 0.1) is 5.60 Å². The van der Waals surface area contributed by atoms with E-state index in [4.69, 9.17) is 9.47 Å². The van der Waals surface area contributed by atoms with Crippen LogP contribution in [-0.2, 0) is 19.1 Å². The zero-order valence-electron chi connectivity index (χ0n) is 12.6. The standard InChI is InChI=1S/C15H24O5/c1-11(16)19-13(20-12(2)17)5-6-15(18)9-7-14(3,4)8-10-15/h5-6,13,18H,7-10H2,1-4H3. The summed E-state index contributed by atoms with van der Waals surface area (Å²) in [6, 6.07) is 0. The molecule has 0 radical (unpaired) electrons. The lowest BCUT2D eigenvalue weighted by Crippen LogP contribution is -2.35. The highest BCUT2D eigenvalue weighted by atomic mass is 16.7. The van der Waals surface area contributed by atoms with E-state index in [1.165, 1.54) is 19.9 Å². The van der Waals surface area contributed by atoms with E-state index in [9.17, 15) is 14.7 Å². The van der Waals surface area contributed by atoms with Gasteiger partial charge in [0.2, 0.25) is 0 Å². The molecule has 0 saturated heterocycles. The molecule has 0 atom stereocenters. The lowest BCUT2D eigenvalue weighted by Gasteiger charge is -2.38. The maximum atomic E-state index is 10.9. The molecule has 0 amide bonds. The molecule has 114 valence electrons. The molecule has 0 heterocycles. The highest BCUT2D eigenvalue weighted by Crippen LogP contribution is 2.40. The van der Waals surface area contributed by atoms with Crippen molar-refractivity contribution in [1.82, 2.24) is 0 Å². The molecular weight excluding hydrogens is 260 g/mol. The fourth-order valence-corrected chi connectivity index (χ4v) is 2.21. The monoisotopic (exact) mass is 284 g/mol. The predicted octanol–water partition coefficient (Wildman–Crippen LogP) is 2.33. The van der Waals surface area contributed by atoms with Crippen LogP contribution in [0.5, 0.6) is 0 Å². The van der Waals surface area contributed by atoms with Crippen molar-refractivity contribution in [3.63, 3.8) is 0 Å². The molecular formula is C15H24O5. The van der Waals surface area contributed by atoms with Gasteiger partial charge in [0.15, 0.2) is 0 Å². The number of carbonyl (C=O) groups is 2. The second kappa shape index (κ2) is 6.39. The van der Waals surface area contributed by atoms with Crippen molar-refractivity contribution in [3.05, 3.63) is 12.2 Å². The van der Waals surface area contributed by atoms with Crippen molar-refractivity contribution in [2.45, 2.75) is 65.3 Å². The summed E-state index contributed by atoms with van der Waals surface area (Å²) in [5, 5.41) is 10.5. The van der Waals surface area contributed by atoms with Gasteiger partial charge in [-0.2, -0.15) is 0 Å². The summed E-state index contributed by atoms with van der Waals surface area (Å²) in [4.78, 5) is 21.9. The lowest BCUT2D eigenvalue weighted by atomic mass is 9.71. The Labute approximate surface area is 119 Å². The number of carbonyl (C=O) groups excluding carboxylic acids is 2. The van der Waals surface area contributed by atoms with Gasteiger partial charge < -0.3 is 14.6 Å². The smallest absolute Gasteiger partial charge is 0.305 e. The maximum absolute atomic E-state index is 10.9. The van der Waals surface area contributed by atoms with Gasteiger partial charge in [0.1, 0.15) is 0 Å². The van der Waals surface area contributed by atoms with E-state index in [1.807, 2.05) is 0 Å². The molecule has 20 heavy (non-hydrogen) atoms. The average Bonchev–Trinajstić information content (AvgIpc) is 2.30. The Morgan fingerprint density at radius 1 is 1.05 bits per heavy atom. The zero-order chi connectivity index (χ0) is 15.4. The molecule has 5 nitrogen and oxygen atoms in total. The quantitative estimate of drug-likeness (QED) is 0.487. The first-order valence-corrected chi connectivity index (χ1v) is 6.88. The molecule has 1 N–H and O–H groups in total. The van der Waals surface area contributed by atoms with Crippen LogP contribution in [-0.4, -0.2) is 28.9 Å². The van der Waals surface area contributed by atoms with Crippen molar-refractivity contribution in [2.24, 2.45) is 5.41 Å². The van der Waals surface area contributed by atoms with Gasteiger partial charge in [0, 0.05) is 13.8 Å². The van der Waals surface area contributed by atoms with Crippen LogP contribution in [0.4, 0.5) is 0 Å². The van der Waals surface area contributed by atoms with Crippen molar-refractivity contribution in [3.8, 4) is 0 Å². The van der Waals surface area contributed by atoms with Gasteiger partial charge in [-0.3, -0.25) is 9.59 Å². The highest BCUT2D eigenvalue weighted by molar-refractivity contribution is 5.68. The minimum atomic E-state index is -1.08. The number of aliphatic hydroxyl groups is 1. The first-order chi connectivity index (χ1) is 9.12. The molecule has 1 rings (SSSR count). The summed E-state index contributed by atoms with van der Waals surface area (Å²) < 4.78 is 9.72. The Balaban J connectivity index is 2.66. The lowest BCUT2D eigenvalue weighted by molar-refractivity contribution is -0.176. The number of ether oxygens (including phenoxy) is 2. The number of esters is 2. The molecule has 1 fully saturated rings. The van der Waals surface area contributed by atoms with Crippen molar-refractivity contribution in [1.29, 1.82) is 0 Å². The van der Waals surface area contributed by atoms with Crippen LogP contribution in [0, 0.1) is 5.41 Å². The normalized spacial score (nSPS) is 20.9. The van der Waals surface area contributed by atoms with E-state index in [-0.39, 0.29) is 5.41 Å². The Morgan fingerprint density at radius 2 is 1.50 bits per heavy atom. The van der Waals surface area contributed by atoms with Crippen molar-refractivity contribution >= 4 is 11.9 Å². The second-order valence-electron chi connectivity index (χ2n) is 6.21. The molecule has 1 saturated carbocycles. The third kappa shape index (κ3) is 5.74. The van der Waals surface area contributed by atoms with E-state index >= 15 is 0 Å². The van der Waals surface area contributed by atoms with Gasteiger partial charge >= 0.3 is 11.9 Å². The molecule has 5 heteroatoms. The van der Waals surface area contributed by atoms with Gasteiger partial charge in [-0.05, 0) is 43.3 Å². The van der Waals surface area contributed by atoms with Crippen LogP contribution in [0.25, 0.3) is 0 Å². The predicted molar refractivity (Wildman–Crippen MR) is 73.7 cm³/mol. The van der Waals surface area contributed by atoms with Crippen LogP contribution in [0.3, 0.4) is 0 Å². The Morgan fingerprint density at radius 3 is 1.90 bits per heavy atom. The summed E-state index contributed by atoms with van der Waals surface area (Å²) >= 11 is 0. The molecule has 0 aromatic heterocycles. The van der Waals surface area contributed by atoms with Crippen molar-refractivity contribution in [2.75, 3.05) is 0 Å².